The number of aromatic nitrogens is 3. The maximum absolute atomic E-state index is 6.44. The molecule has 0 spiro atoms. The van der Waals surface area contributed by atoms with Gasteiger partial charge in [0.15, 0.2) is 5.65 Å². The lowest BCUT2D eigenvalue weighted by Gasteiger charge is -2.38. The van der Waals surface area contributed by atoms with Gasteiger partial charge in [0.2, 0.25) is 0 Å². The Bertz CT molecular complexity index is 1060. The van der Waals surface area contributed by atoms with Crippen LogP contribution in [0.25, 0.3) is 28.1 Å². The summed E-state index contributed by atoms with van der Waals surface area (Å²) in [5, 5.41) is 0. The fourth-order valence-electron chi connectivity index (χ4n) is 3.65. The molecule has 2 heterocycles. The van der Waals surface area contributed by atoms with E-state index in [1.54, 1.807) is 0 Å². The summed E-state index contributed by atoms with van der Waals surface area (Å²) in [4.78, 5) is 9.36. The lowest BCUT2D eigenvalue weighted by molar-refractivity contribution is 0.253. The molecule has 5 rings (SSSR count). The molecule has 2 aromatic carbocycles. The molecular formula is C22H20N4. The maximum atomic E-state index is 6.44. The molecule has 2 aromatic heterocycles. The number of rotatable bonds is 3. The van der Waals surface area contributed by atoms with E-state index in [2.05, 4.69) is 41.4 Å². The average Bonchev–Trinajstić information content (AvgIpc) is 3.10. The van der Waals surface area contributed by atoms with Gasteiger partial charge in [-0.3, -0.25) is 4.57 Å². The van der Waals surface area contributed by atoms with E-state index in [9.17, 15) is 0 Å². The summed E-state index contributed by atoms with van der Waals surface area (Å²) in [6.45, 7) is 0. The van der Waals surface area contributed by atoms with Crippen molar-refractivity contribution >= 4 is 11.2 Å². The number of nitrogens with zero attached hydrogens (tertiary/aromatic N) is 3. The van der Waals surface area contributed by atoms with E-state index < -0.39 is 0 Å². The second-order valence-electron chi connectivity index (χ2n) is 7.08. The van der Waals surface area contributed by atoms with E-state index in [4.69, 9.17) is 10.7 Å². The molecule has 0 saturated heterocycles. The van der Waals surface area contributed by atoms with E-state index in [0.717, 1.165) is 41.0 Å². The Morgan fingerprint density at radius 1 is 0.885 bits per heavy atom. The topological polar surface area (TPSA) is 56.7 Å². The van der Waals surface area contributed by atoms with Crippen LogP contribution in [0.5, 0.6) is 0 Å². The fraction of sp³-hybridized carbons (Fsp3) is 0.182. The van der Waals surface area contributed by atoms with Crippen molar-refractivity contribution in [2.45, 2.75) is 24.8 Å². The van der Waals surface area contributed by atoms with E-state index in [-0.39, 0.29) is 5.54 Å². The molecule has 1 aliphatic rings. The minimum atomic E-state index is -0.131. The van der Waals surface area contributed by atoms with Crippen molar-refractivity contribution in [3.05, 3.63) is 78.6 Å². The van der Waals surface area contributed by atoms with Gasteiger partial charge in [-0.15, -0.1) is 0 Å². The molecule has 1 fully saturated rings. The molecule has 0 radical (unpaired) electrons. The van der Waals surface area contributed by atoms with Crippen LogP contribution < -0.4 is 5.73 Å². The lowest BCUT2D eigenvalue weighted by atomic mass is 9.73. The zero-order chi connectivity index (χ0) is 17.6. The summed E-state index contributed by atoms with van der Waals surface area (Å²) in [7, 11) is 0. The Kier molecular flexibility index (Phi) is 3.40. The Hall–Kier alpha value is -2.98. The second-order valence-corrected chi connectivity index (χ2v) is 7.08. The minimum absolute atomic E-state index is 0.131. The second kappa shape index (κ2) is 5.78. The Labute approximate surface area is 152 Å². The number of imidazole rings is 1. The highest BCUT2D eigenvalue weighted by Crippen LogP contribution is 2.38. The van der Waals surface area contributed by atoms with Crippen molar-refractivity contribution in [1.82, 2.24) is 14.5 Å². The average molecular weight is 340 g/mol. The monoisotopic (exact) mass is 340 g/mol. The first kappa shape index (κ1) is 15.3. The van der Waals surface area contributed by atoms with Crippen LogP contribution >= 0.6 is 0 Å². The highest BCUT2D eigenvalue weighted by atomic mass is 15.1. The predicted molar refractivity (Wildman–Crippen MR) is 104 cm³/mol. The first-order chi connectivity index (χ1) is 12.7. The fourth-order valence-corrected chi connectivity index (χ4v) is 3.65. The molecule has 4 heteroatoms. The number of pyridine rings is 1. The first-order valence-electron chi connectivity index (χ1n) is 9.02. The quantitative estimate of drug-likeness (QED) is 0.600. The van der Waals surface area contributed by atoms with Gasteiger partial charge in [0.1, 0.15) is 11.8 Å². The van der Waals surface area contributed by atoms with Gasteiger partial charge in [0.25, 0.3) is 0 Å². The molecule has 4 nitrogen and oxygen atoms in total. The molecule has 128 valence electrons. The molecule has 0 bridgehead atoms. The molecule has 26 heavy (non-hydrogen) atoms. The highest BCUT2D eigenvalue weighted by molar-refractivity contribution is 5.77. The predicted octanol–water partition coefficient (Wildman–Crippen LogP) is 4.43. The van der Waals surface area contributed by atoms with Crippen molar-refractivity contribution in [3.63, 3.8) is 0 Å². The number of hydrogen-bond donors (Lipinski definition) is 1. The van der Waals surface area contributed by atoms with Crippen LogP contribution in [-0.2, 0) is 5.54 Å². The van der Waals surface area contributed by atoms with Crippen LogP contribution in [0.4, 0.5) is 0 Å². The van der Waals surface area contributed by atoms with Crippen molar-refractivity contribution < 1.29 is 0 Å². The normalized spacial score (nSPS) is 15.7. The smallest absolute Gasteiger partial charge is 0.165 e. The van der Waals surface area contributed by atoms with E-state index in [1.165, 1.54) is 12.0 Å². The van der Waals surface area contributed by atoms with Crippen LogP contribution in [0.1, 0.15) is 24.8 Å². The largest absolute Gasteiger partial charge is 0.321 e. The highest BCUT2D eigenvalue weighted by Gasteiger charge is 2.34. The summed E-state index contributed by atoms with van der Waals surface area (Å²) in [6, 6.07) is 22.8. The van der Waals surface area contributed by atoms with Crippen LogP contribution in [0, 0.1) is 0 Å². The molecule has 2 N–H and O–H groups in total. The van der Waals surface area contributed by atoms with Crippen molar-refractivity contribution in [3.8, 4) is 16.9 Å². The zero-order valence-corrected chi connectivity index (χ0v) is 14.5. The zero-order valence-electron chi connectivity index (χ0n) is 14.5. The minimum Gasteiger partial charge on any atom is -0.321 e. The Balaban J connectivity index is 1.56. The lowest BCUT2D eigenvalue weighted by Crippen LogP contribution is -2.43. The summed E-state index contributed by atoms with van der Waals surface area (Å²) in [6.07, 6.45) is 5.20. The number of nitrogens with two attached hydrogens (primary N) is 1. The van der Waals surface area contributed by atoms with Crippen molar-refractivity contribution in [2.75, 3.05) is 0 Å². The van der Waals surface area contributed by atoms with Crippen molar-refractivity contribution in [2.24, 2.45) is 5.73 Å². The van der Waals surface area contributed by atoms with Gasteiger partial charge in [-0.25, -0.2) is 9.97 Å². The third kappa shape index (κ3) is 2.42. The van der Waals surface area contributed by atoms with E-state index >= 15 is 0 Å². The number of hydrogen-bond acceptors (Lipinski definition) is 3. The molecule has 0 unspecified atom stereocenters. The Morgan fingerprint density at radius 2 is 1.65 bits per heavy atom. The van der Waals surface area contributed by atoms with E-state index in [1.807, 2.05) is 41.2 Å². The van der Waals surface area contributed by atoms with E-state index in [0.29, 0.717) is 0 Å². The molecule has 0 atom stereocenters. The first-order valence-corrected chi connectivity index (χ1v) is 9.02. The SMILES string of the molecule is NC1(c2ccc(-n3cnc4ccc(-c5ccccc5)nc43)cc2)CCC1. The van der Waals surface area contributed by atoms with Crippen molar-refractivity contribution in [1.29, 1.82) is 0 Å². The maximum Gasteiger partial charge on any atom is 0.165 e. The third-order valence-electron chi connectivity index (χ3n) is 5.43. The van der Waals surface area contributed by atoms with Gasteiger partial charge in [0, 0.05) is 16.8 Å². The molecule has 0 aliphatic heterocycles. The van der Waals surface area contributed by atoms with Crippen LogP contribution in [0.3, 0.4) is 0 Å². The van der Waals surface area contributed by atoms with Gasteiger partial charge in [0.05, 0.1) is 5.69 Å². The van der Waals surface area contributed by atoms with Gasteiger partial charge in [-0.05, 0) is 49.1 Å². The van der Waals surface area contributed by atoms with Gasteiger partial charge in [-0.2, -0.15) is 0 Å². The molecule has 1 aliphatic carbocycles. The van der Waals surface area contributed by atoms with Gasteiger partial charge < -0.3 is 5.73 Å². The standard InChI is InChI=1S/C22H20N4/c23-22(13-4-14-22)17-7-9-18(10-8-17)26-15-24-20-12-11-19(25-21(20)26)16-5-2-1-3-6-16/h1-3,5-12,15H,4,13-14,23H2. The molecule has 4 aromatic rings. The van der Waals surface area contributed by atoms with Crippen LogP contribution in [0.15, 0.2) is 73.1 Å². The number of benzene rings is 2. The van der Waals surface area contributed by atoms with Gasteiger partial charge in [-0.1, -0.05) is 42.5 Å². The Morgan fingerprint density at radius 3 is 2.35 bits per heavy atom. The van der Waals surface area contributed by atoms with Crippen LogP contribution in [0.2, 0.25) is 0 Å². The summed E-state index contributed by atoms with van der Waals surface area (Å²) >= 11 is 0. The molecule has 1 saturated carbocycles. The molecule has 0 amide bonds. The van der Waals surface area contributed by atoms with Gasteiger partial charge >= 0.3 is 0 Å². The molecular weight excluding hydrogens is 320 g/mol. The summed E-state index contributed by atoms with van der Waals surface area (Å²) in [5.74, 6) is 0. The summed E-state index contributed by atoms with van der Waals surface area (Å²) < 4.78 is 2.04. The number of fused-ring (bicyclic) bond motifs is 1. The summed E-state index contributed by atoms with van der Waals surface area (Å²) in [5.41, 5.74) is 12.4. The third-order valence-corrected chi connectivity index (χ3v) is 5.43. The van der Waals surface area contributed by atoms with Crippen LogP contribution in [-0.4, -0.2) is 14.5 Å².